The number of aliphatic imine (C=N–C) groups is 1. The van der Waals surface area contributed by atoms with Crippen LogP contribution in [0.4, 0.5) is 0 Å². The summed E-state index contributed by atoms with van der Waals surface area (Å²) in [5.74, 6) is 1.05. The number of nitrogens with one attached hydrogen (secondary N) is 1. The van der Waals surface area contributed by atoms with Gasteiger partial charge in [-0.25, -0.2) is 0 Å². The fourth-order valence-electron chi connectivity index (χ4n) is 4.52. The van der Waals surface area contributed by atoms with Crippen LogP contribution in [0.5, 0.6) is 0 Å². The van der Waals surface area contributed by atoms with Crippen LogP contribution in [-0.4, -0.2) is 50.3 Å². The monoisotopic (exact) mass is 499 g/mol. The molecular formula is C22H34IN3O2. The standard InChI is InChI=1S/C22H33N3O2.HI/c1-23-21(25-12-11-22(17-25)9-2-10-22)24-15-18-3-5-19(6-4-18)16-27-20-7-13-26-14-8-20;/h3-6,20H,2,7-17H2,1H3,(H,23,24);1H. The van der Waals surface area contributed by atoms with Gasteiger partial charge in [0.1, 0.15) is 0 Å². The van der Waals surface area contributed by atoms with Gasteiger partial charge < -0.3 is 19.7 Å². The van der Waals surface area contributed by atoms with Crippen LogP contribution in [0.25, 0.3) is 0 Å². The molecule has 1 spiro atoms. The first-order valence-corrected chi connectivity index (χ1v) is 10.5. The molecule has 0 unspecified atom stereocenters. The van der Waals surface area contributed by atoms with Crippen molar-refractivity contribution in [3.05, 3.63) is 35.4 Å². The van der Waals surface area contributed by atoms with E-state index >= 15 is 0 Å². The van der Waals surface area contributed by atoms with Crippen molar-refractivity contribution in [2.75, 3.05) is 33.4 Å². The Hall–Kier alpha value is -0.860. The average molecular weight is 499 g/mol. The third kappa shape index (κ3) is 5.39. The van der Waals surface area contributed by atoms with Crippen molar-refractivity contribution in [3.8, 4) is 0 Å². The largest absolute Gasteiger partial charge is 0.381 e. The Bertz CT molecular complexity index is 640. The molecule has 3 aliphatic rings. The minimum atomic E-state index is 0. The quantitative estimate of drug-likeness (QED) is 0.379. The number of hydrogen-bond donors (Lipinski definition) is 1. The fourth-order valence-corrected chi connectivity index (χ4v) is 4.52. The van der Waals surface area contributed by atoms with E-state index in [1.165, 1.54) is 43.4 Å². The molecule has 1 aliphatic carbocycles. The van der Waals surface area contributed by atoms with E-state index in [1.54, 1.807) is 0 Å². The molecule has 5 nitrogen and oxygen atoms in total. The lowest BCUT2D eigenvalue weighted by molar-refractivity contribution is -0.0390. The Balaban J connectivity index is 0.00000225. The van der Waals surface area contributed by atoms with Crippen LogP contribution in [0, 0.1) is 5.41 Å². The highest BCUT2D eigenvalue weighted by atomic mass is 127. The van der Waals surface area contributed by atoms with Crippen LogP contribution >= 0.6 is 24.0 Å². The van der Waals surface area contributed by atoms with Gasteiger partial charge in [0.25, 0.3) is 0 Å². The maximum Gasteiger partial charge on any atom is 0.193 e. The molecule has 2 heterocycles. The van der Waals surface area contributed by atoms with Crippen LogP contribution in [0.15, 0.2) is 29.3 Å². The minimum absolute atomic E-state index is 0. The minimum Gasteiger partial charge on any atom is -0.381 e. The third-order valence-electron chi connectivity index (χ3n) is 6.49. The first-order chi connectivity index (χ1) is 13.3. The molecule has 1 aromatic rings. The maximum absolute atomic E-state index is 6.01. The van der Waals surface area contributed by atoms with E-state index in [4.69, 9.17) is 9.47 Å². The molecule has 2 saturated heterocycles. The molecule has 0 aromatic heterocycles. The van der Waals surface area contributed by atoms with Crippen molar-refractivity contribution >= 4 is 29.9 Å². The van der Waals surface area contributed by atoms with E-state index in [0.29, 0.717) is 18.1 Å². The highest BCUT2D eigenvalue weighted by molar-refractivity contribution is 14.0. The number of benzene rings is 1. The van der Waals surface area contributed by atoms with Gasteiger partial charge in [0, 0.05) is 39.9 Å². The first kappa shape index (κ1) is 21.8. The van der Waals surface area contributed by atoms with E-state index in [0.717, 1.165) is 45.1 Å². The Morgan fingerprint density at radius 1 is 1.18 bits per heavy atom. The van der Waals surface area contributed by atoms with Gasteiger partial charge in [-0.15, -0.1) is 24.0 Å². The van der Waals surface area contributed by atoms with Crippen molar-refractivity contribution in [2.45, 2.75) is 57.8 Å². The lowest BCUT2D eigenvalue weighted by Gasteiger charge is -2.38. The van der Waals surface area contributed by atoms with E-state index in [-0.39, 0.29) is 24.0 Å². The number of rotatable bonds is 5. The van der Waals surface area contributed by atoms with Gasteiger partial charge in [0.15, 0.2) is 5.96 Å². The Morgan fingerprint density at radius 3 is 2.50 bits per heavy atom. The highest BCUT2D eigenvalue weighted by Crippen LogP contribution is 2.47. The molecule has 2 aliphatic heterocycles. The van der Waals surface area contributed by atoms with Gasteiger partial charge >= 0.3 is 0 Å². The van der Waals surface area contributed by atoms with E-state index in [9.17, 15) is 0 Å². The summed E-state index contributed by atoms with van der Waals surface area (Å²) in [7, 11) is 1.89. The first-order valence-electron chi connectivity index (χ1n) is 10.5. The predicted molar refractivity (Wildman–Crippen MR) is 123 cm³/mol. The van der Waals surface area contributed by atoms with Crippen LogP contribution in [0.1, 0.15) is 49.7 Å². The van der Waals surface area contributed by atoms with E-state index in [1.807, 2.05) is 7.05 Å². The smallest absolute Gasteiger partial charge is 0.193 e. The molecule has 0 bridgehead atoms. The molecule has 1 N–H and O–H groups in total. The summed E-state index contributed by atoms with van der Waals surface area (Å²) in [5, 5.41) is 3.55. The van der Waals surface area contributed by atoms with Gasteiger partial charge in [0.05, 0.1) is 12.7 Å². The molecule has 0 atom stereocenters. The van der Waals surface area contributed by atoms with Crippen LogP contribution < -0.4 is 5.32 Å². The lowest BCUT2D eigenvalue weighted by Crippen LogP contribution is -2.42. The lowest BCUT2D eigenvalue weighted by atomic mass is 9.68. The van der Waals surface area contributed by atoms with Crippen molar-refractivity contribution < 1.29 is 9.47 Å². The zero-order valence-corrected chi connectivity index (χ0v) is 19.3. The SMILES string of the molecule is CN=C(NCc1ccc(COC2CCOCC2)cc1)N1CCC2(CCC2)C1.I. The second-order valence-corrected chi connectivity index (χ2v) is 8.37. The number of likely N-dealkylation sites (tertiary alicyclic amines) is 1. The summed E-state index contributed by atoms with van der Waals surface area (Å²) in [6.45, 7) is 5.48. The normalized spacial score (nSPS) is 22.0. The Kier molecular flexibility index (Phi) is 8.00. The van der Waals surface area contributed by atoms with Crippen molar-refractivity contribution in [2.24, 2.45) is 10.4 Å². The van der Waals surface area contributed by atoms with Gasteiger partial charge in [-0.3, -0.25) is 4.99 Å². The molecule has 1 aromatic carbocycles. The van der Waals surface area contributed by atoms with E-state index < -0.39 is 0 Å². The second-order valence-electron chi connectivity index (χ2n) is 8.37. The number of hydrogen-bond acceptors (Lipinski definition) is 3. The summed E-state index contributed by atoms with van der Waals surface area (Å²) in [4.78, 5) is 6.95. The molecule has 4 rings (SSSR count). The van der Waals surface area contributed by atoms with Gasteiger partial charge in [-0.1, -0.05) is 30.7 Å². The van der Waals surface area contributed by atoms with Crippen molar-refractivity contribution in [3.63, 3.8) is 0 Å². The van der Waals surface area contributed by atoms with Gasteiger partial charge in [-0.2, -0.15) is 0 Å². The number of guanidine groups is 1. The molecule has 156 valence electrons. The second kappa shape index (κ2) is 10.3. The molecule has 6 heteroatoms. The molecule has 0 amide bonds. The molecule has 1 saturated carbocycles. The van der Waals surface area contributed by atoms with Crippen LogP contribution in [0.3, 0.4) is 0 Å². The summed E-state index contributed by atoms with van der Waals surface area (Å²) in [6.07, 6.45) is 7.91. The van der Waals surface area contributed by atoms with Crippen LogP contribution in [0.2, 0.25) is 0 Å². The topological polar surface area (TPSA) is 46.1 Å². The number of halogens is 1. The number of nitrogens with zero attached hydrogens (tertiary/aromatic N) is 2. The van der Waals surface area contributed by atoms with Crippen LogP contribution in [-0.2, 0) is 22.6 Å². The third-order valence-corrected chi connectivity index (χ3v) is 6.49. The molecule has 3 fully saturated rings. The Morgan fingerprint density at radius 2 is 1.89 bits per heavy atom. The summed E-state index contributed by atoms with van der Waals surface area (Å²) in [5.41, 5.74) is 3.12. The van der Waals surface area contributed by atoms with Gasteiger partial charge in [-0.05, 0) is 48.6 Å². The average Bonchev–Trinajstić information content (AvgIpc) is 3.15. The molecular weight excluding hydrogens is 465 g/mol. The van der Waals surface area contributed by atoms with Gasteiger partial charge in [0.2, 0.25) is 0 Å². The van der Waals surface area contributed by atoms with E-state index in [2.05, 4.69) is 39.5 Å². The summed E-state index contributed by atoms with van der Waals surface area (Å²) >= 11 is 0. The Labute approximate surface area is 186 Å². The predicted octanol–water partition coefficient (Wildman–Crippen LogP) is 3.95. The molecule has 28 heavy (non-hydrogen) atoms. The zero-order valence-electron chi connectivity index (χ0n) is 17.0. The summed E-state index contributed by atoms with van der Waals surface area (Å²) in [6, 6.07) is 8.75. The van der Waals surface area contributed by atoms with Crippen molar-refractivity contribution in [1.82, 2.24) is 10.2 Å². The zero-order chi connectivity index (χ0) is 18.5. The van der Waals surface area contributed by atoms with Crippen molar-refractivity contribution in [1.29, 1.82) is 0 Å². The number of ether oxygens (including phenoxy) is 2. The highest BCUT2D eigenvalue weighted by Gasteiger charge is 2.43. The summed E-state index contributed by atoms with van der Waals surface area (Å²) < 4.78 is 11.4. The molecule has 0 radical (unpaired) electrons. The fraction of sp³-hybridized carbons (Fsp3) is 0.682. The maximum atomic E-state index is 6.01.